The second-order valence-electron chi connectivity index (χ2n) is 6.24. The van der Waals surface area contributed by atoms with Gasteiger partial charge in [0.05, 0.1) is 17.1 Å². The Morgan fingerprint density at radius 1 is 1.11 bits per heavy atom. The van der Waals surface area contributed by atoms with Gasteiger partial charge in [0.1, 0.15) is 6.04 Å². The molecule has 0 fully saturated rings. The lowest BCUT2D eigenvalue weighted by Gasteiger charge is -2.19. The first kappa shape index (κ1) is 18.8. The van der Waals surface area contributed by atoms with Gasteiger partial charge in [0, 0.05) is 0 Å². The van der Waals surface area contributed by atoms with Crippen molar-refractivity contribution in [3.05, 3.63) is 70.2 Å². The fourth-order valence-corrected chi connectivity index (χ4v) is 2.87. The molecule has 0 unspecified atom stereocenters. The van der Waals surface area contributed by atoms with Crippen molar-refractivity contribution < 1.29 is 22.4 Å². The van der Waals surface area contributed by atoms with Crippen LogP contribution in [0.2, 0.25) is 0 Å². The third-order valence-electron chi connectivity index (χ3n) is 4.36. The molecule has 27 heavy (non-hydrogen) atoms. The van der Waals surface area contributed by atoms with Crippen molar-refractivity contribution in [1.82, 2.24) is 9.88 Å². The number of benzene rings is 2. The predicted octanol–water partition coefficient (Wildman–Crippen LogP) is 4.05. The number of alkyl halides is 3. The van der Waals surface area contributed by atoms with Gasteiger partial charge in [0.25, 0.3) is 0 Å². The van der Waals surface area contributed by atoms with E-state index in [1.807, 2.05) is 0 Å². The quantitative estimate of drug-likeness (QED) is 0.745. The van der Waals surface area contributed by atoms with Gasteiger partial charge in [-0.15, -0.1) is 0 Å². The Morgan fingerprint density at radius 3 is 2.52 bits per heavy atom. The summed E-state index contributed by atoms with van der Waals surface area (Å²) in [5.74, 6) is -1.18. The number of fused-ring (bicyclic) bond motifs is 1. The van der Waals surface area contributed by atoms with Crippen LogP contribution in [0.25, 0.3) is 11.1 Å². The molecular weight excluding hydrogens is 361 g/mol. The van der Waals surface area contributed by atoms with Crippen LogP contribution in [-0.2, 0) is 11.0 Å². The Bertz CT molecular complexity index is 1040. The average molecular weight is 378 g/mol. The van der Waals surface area contributed by atoms with E-state index < -0.39 is 35.5 Å². The average Bonchev–Trinajstić information content (AvgIpc) is 2.96. The molecule has 1 N–H and O–H groups in total. The number of amides is 1. The highest BCUT2D eigenvalue weighted by Gasteiger charge is 2.31. The maximum atomic E-state index is 12.9. The van der Waals surface area contributed by atoms with Crippen molar-refractivity contribution in [3.63, 3.8) is 0 Å². The van der Waals surface area contributed by atoms with Crippen molar-refractivity contribution >= 4 is 17.0 Å². The van der Waals surface area contributed by atoms with Gasteiger partial charge in [-0.2, -0.15) is 13.2 Å². The largest absolute Gasteiger partial charge is 0.420 e. The molecule has 0 aliphatic rings. The summed E-state index contributed by atoms with van der Waals surface area (Å²) in [7, 11) is 0. The van der Waals surface area contributed by atoms with E-state index in [1.165, 1.54) is 23.6 Å². The van der Waals surface area contributed by atoms with E-state index in [2.05, 4.69) is 5.32 Å². The number of aromatic nitrogens is 1. The summed E-state index contributed by atoms with van der Waals surface area (Å²) < 4.78 is 44.9. The number of oxazole rings is 1. The number of para-hydroxylation sites is 2. The molecule has 5 nitrogen and oxygen atoms in total. The monoisotopic (exact) mass is 378 g/mol. The molecule has 1 heterocycles. The number of nitrogens with one attached hydrogen (secondary N) is 1. The maximum absolute atomic E-state index is 12.9. The van der Waals surface area contributed by atoms with Crippen LogP contribution in [0.4, 0.5) is 13.2 Å². The lowest BCUT2D eigenvalue weighted by Crippen LogP contribution is -2.35. The van der Waals surface area contributed by atoms with Crippen LogP contribution in [0.5, 0.6) is 0 Å². The van der Waals surface area contributed by atoms with Gasteiger partial charge in [-0.05, 0) is 43.7 Å². The molecule has 0 spiro atoms. The predicted molar refractivity (Wildman–Crippen MR) is 93.2 cm³/mol. The topological polar surface area (TPSA) is 64.2 Å². The highest BCUT2D eigenvalue weighted by atomic mass is 19.4. The summed E-state index contributed by atoms with van der Waals surface area (Å²) in [6, 6.07) is 9.88. The van der Waals surface area contributed by atoms with Crippen LogP contribution in [0.3, 0.4) is 0 Å². The van der Waals surface area contributed by atoms with Gasteiger partial charge in [0.2, 0.25) is 5.91 Å². The zero-order valence-corrected chi connectivity index (χ0v) is 14.6. The van der Waals surface area contributed by atoms with Gasteiger partial charge < -0.3 is 9.73 Å². The zero-order chi connectivity index (χ0) is 19.8. The third kappa shape index (κ3) is 3.74. The SMILES string of the molecule is C[C@H](NC(=O)[C@@H](C)n1c(=O)oc2ccccc21)c1cccc(C(F)(F)F)c1. The molecule has 0 aliphatic heterocycles. The molecule has 3 aromatic rings. The number of halogens is 3. The fraction of sp³-hybridized carbons (Fsp3) is 0.263. The molecule has 142 valence electrons. The molecule has 1 aromatic heterocycles. The summed E-state index contributed by atoms with van der Waals surface area (Å²) >= 11 is 0. The molecule has 3 rings (SSSR count). The Labute approximate surface area is 152 Å². The van der Waals surface area contributed by atoms with Crippen LogP contribution in [0.15, 0.2) is 57.7 Å². The number of hydrogen-bond acceptors (Lipinski definition) is 3. The van der Waals surface area contributed by atoms with Gasteiger partial charge in [-0.25, -0.2) is 4.79 Å². The van der Waals surface area contributed by atoms with Crippen molar-refractivity contribution in [2.75, 3.05) is 0 Å². The van der Waals surface area contributed by atoms with Crippen molar-refractivity contribution in [3.8, 4) is 0 Å². The van der Waals surface area contributed by atoms with Gasteiger partial charge in [0.15, 0.2) is 5.58 Å². The minimum Gasteiger partial charge on any atom is -0.408 e. The van der Waals surface area contributed by atoms with Crippen molar-refractivity contribution in [1.29, 1.82) is 0 Å². The number of hydrogen-bond donors (Lipinski definition) is 1. The molecule has 0 aliphatic carbocycles. The van der Waals surface area contributed by atoms with Crippen LogP contribution in [-0.4, -0.2) is 10.5 Å². The molecule has 1 amide bonds. The lowest BCUT2D eigenvalue weighted by atomic mass is 10.0. The molecule has 8 heteroatoms. The Balaban J connectivity index is 1.82. The minimum absolute atomic E-state index is 0.315. The first-order valence-corrected chi connectivity index (χ1v) is 8.26. The zero-order valence-electron chi connectivity index (χ0n) is 14.6. The van der Waals surface area contributed by atoms with E-state index in [-0.39, 0.29) is 0 Å². The van der Waals surface area contributed by atoms with Crippen molar-refractivity contribution in [2.24, 2.45) is 0 Å². The normalized spacial score (nSPS) is 14.1. The third-order valence-corrected chi connectivity index (χ3v) is 4.36. The first-order valence-electron chi connectivity index (χ1n) is 8.26. The molecule has 2 atom stereocenters. The Hall–Kier alpha value is -3.03. The van der Waals surface area contributed by atoms with Crippen LogP contribution in [0.1, 0.15) is 37.1 Å². The van der Waals surface area contributed by atoms with E-state index in [0.29, 0.717) is 16.7 Å². The second kappa shape index (κ2) is 6.94. The maximum Gasteiger partial charge on any atom is 0.420 e. The van der Waals surface area contributed by atoms with E-state index in [1.54, 1.807) is 31.2 Å². The number of carbonyl (C=O) groups excluding carboxylic acids is 1. The van der Waals surface area contributed by atoms with E-state index in [0.717, 1.165) is 12.1 Å². The van der Waals surface area contributed by atoms with Gasteiger partial charge in [-0.1, -0.05) is 24.3 Å². The van der Waals surface area contributed by atoms with E-state index >= 15 is 0 Å². The molecule has 0 bridgehead atoms. The molecule has 0 saturated heterocycles. The van der Waals surface area contributed by atoms with Crippen molar-refractivity contribution in [2.45, 2.75) is 32.1 Å². The van der Waals surface area contributed by atoms with Gasteiger partial charge >= 0.3 is 11.9 Å². The molecule has 2 aromatic carbocycles. The highest BCUT2D eigenvalue weighted by Crippen LogP contribution is 2.30. The molecule has 0 saturated carbocycles. The number of nitrogens with zero attached hydrogens (tertiary/aromatic N) is 1. The van der Waals surface area contributed by atoms with Crippen LogP contribution in [0, 0.1) is 0 Å². The fourth-order valence-electron chi connectivity index (χ4n) is 2.87. The summed E-state index contributed by atoms with van der Waals surface area (Å²) in [6.45, 7) is 3.11. The van der Waals surface area contributed by atoms with Crippen LogP contribution >= 0.6 is 0 Å². The molecular formula is C19H17F3N2O3. The Kier molecular flexibility index (Phi) is 4.82. The van der Waals surface area contributed by atoms with Gasteiger partial charge in [-0.3, -0.25) is 9.36 Å². The van der Waals surface area contributed by atoms with E-state index in [9.17, 15) is 22.8 Å². The summed E-state index contributed by atoms with van der Waals surface area (Å²) in [5, 5.41) is 2.65. The minimum atomic E-state index is -4.46. The smallest absolute Gasteiger partial charge is 0.408 e. The number of carbonyl (C=O) groups is 1. The van der Waals surface area contributed by atoms with E-state index in [4.69, 9.17) is 4.42 Å². The lowest BCUT2D eigenvalue weighted by molar-refractivity contribution is -0.137. The standard InChI is InChI=1S/C19H17F3N2O3/c1-11(13-6-5-7-14(10-13)19(20,21)22)23-17(25)12(2)24-15-8-3-4-9-16(15)27-18(24)26/h3-12H,1-2H3,(H,23,25)/t11-,12+/m0/s1. The molecule has 0 radical (unpaired) electrons. The first-order chi connectivity index (χ1) is 12.7. The Morgan fingerprint density at radius 2 is 1.81 bits per heavy atom. The van der Waals surface area contributed by atoms with Crippen LogP contribution < -0.4 is 11.1 Å². The number of rotatable bonds is 4. The second-order valence-corrected chi connectivity index (χ2v) is 6.24. The summed E-state index contributed by atoms with van der Waals surface area (Å²) in [5.41, 5.74) is 0.353. The summed E-state index contributed by atoms with van der Waals surface area (Å²) in [6.07, 6.45) is -4.46. The summed E-state index contributed by atoms with van der Waals surface area (Å²) in [4.78, 5) is 24.7. The highest BCUT2D eigenvalue weighted by molar-refractivity contribution is 5.83.